The van der Waals surface area contributed by atoms with Gasteiger partial charge in [-0.2, -0.15) is 0 Å². The lowest BCUT2D eigenvalue weighted by molar-refractivity contribution is -0.228. The summed E-state index contributed by atoms with van der Waals surface area (Å²) in [4.78, 5) is 26.8. The second kappa shape index (κ2) is 13.9. The zero-order valence-corrected chi connectivity index (χ0v) is 25.7. The van der Waals surface area contributed by atoms with Crippen molar-refractivity contribution < 1.29 is 49.0 Å². The number of aliphatic hydroxyl groups excluding tert-OH is 4. The van der Waals surface area contributed by atoms with Crippen molar-refractivity contribution in [3.8, 4) is 5.75 Å². The molecule has 10 nitrogen and oxygen atoms in total. The summed E-state index contributed by atoms with van der Waals surface area (Å²) < 4.78 is 24.6. The number of aliphatic carboxylic acids is 1. The van der Waals surface area contributed by atoms with E-state index in [1.165, 1.54) is 26.0 Å². The molecule has 5 rings (SSSR count). The van der Waals surface area contributed by atoms with Crippen LogP contribution in [-0.4, -0.2) is 80.1 Å². The number of carboxylic acid groups (broad SMARTS) is 1. The van der Waals surface area contributed by atoms with Gasteiger partial charge in [-0.15, -0.1) is 0 Å². The molecule has 3 aromatic rings. The van der Waals surface area contributed by atoms with E-state index in [9.17, 15) is 39.5 Å². The van der Waals surface area contributed by atoms with E-state index in [0.717, 1.165) is 23.1 Å². The maximum atomic E-state index is 13.6. The number of carbonyl (C=O) groups is 2. The van der Waals surface area contributed by atoms with Crippen LogP contribution >= 0.6 is 0 Å². The number of aliphatic hydroxyl groups is 4. The van der Waals surface area contributed by atoms with Gasteiger partial charge in [0.1, 0.15) is 36.0 Å². The highest BCUT2D eigenvalue weighted by Gasteiger charge is 2.48. The predicted molar refractivity (Wildman–Crippen MR) is 166 cm³/mol. The summed E-state index contributed by atoms with van der Waals surface area (Å²) in [5, 5.41) is 49.6. The van der Waals surface area contributed by atoms with Crippen molar-refractivity contribution in [3.05, 3.63) is 95.3 Å². The zero-order valence-electron chi connectivity index (χ0n) is 25.7. The number of anilines is 1. The Morgan fingerprint density at radius 2 is 1.50 bits per heavy atom. The molecule has 2 aliphatic heterocycles. The molecule has 2 aliphatic rings. The van der Waals surface area contributed by atoms with E-state index in [-0.39, 0.29) is 30.1 Å². The Balaban J connectivity index is 1.34. The molecule has 0 saturated carbocycles. The van der Waals surface area contributed by atoms with Gasteiger partial charge in [0.15, 0.2) is 5.60 Å². The fourth-order valence-corrected chi connectivity index (χ4v) is 6.12. The third kappa shape index (κ3) is 7.08. The normalized spacial score (nSPS) is 26.5. The molecule has 3 aromatic carbocycles. The number of ether oxygens (including phenoxy) is 2. The standard InChI is InChI=1S/C35H40FNO9/c1-35(2,34(43)44)46-25-16-14-24(15-17-25)37-29(26(33(37)42)5-3-4-20-8-12-23(36)13-9-20)22-10-6-21(7-11-22)18-27-30(39)32(41)31(40)28(19-38)45-27/h6-17,26-32,38-41H,3-5,18-19H2,1-2H3,(H,43,44)/t26-,27+,28-,29-,30+,31-,32-/m1/s1. The van der Waals surface area contributed by atoms with E-state index < -0.39 is 48.7 Å². The van der Waals surface area contributed by atoms with Gasteiger partial charge in [-0.05, 0) is 86.2 Å². The number of nitrogens with zero attached hydrogens (tertiary/aromatic N) is 1. The second-order valence-corrected chi connectivity index (χ2v) is 12.5. The molecule has 1 amide bonds. The predicted octanol–water partition coefficient (Wildman–Crippen LogP) is 3.18. The van der Waals surface area contributed by atoms with Crippen LogP contribution in [0.15, 0.2) is 72.8 Å². The Bertz CT molecular complexity index is 1490. The van der Waals surface area contributed by atoms with Gasteiger partial charge in [-0.25, -0.2) is 9.18 Å². The number of halogens is 1. The smallest absolute Gasteiger partial charge is 0.347 e. The van der Waals surface area contributed by atoms with Crippen LogP contribution in [0.5, 0.6) is 5.75 Å². The molecule has 0 spiro atoms. The maximum absolute atomic E-state index is 13.6. The summed E-state index contributed by atoms with van der Waals surface area (Å²) in [6, 6.07) is 20.3. The minimum Gasteiger partial charge on any atom is -0.478 e. The first-order valence-corrected chi connectivity index (χ1v) is 15.4. The SMILES string of the molecule is CC(C)(Oc1ccc(N2C(=O)[C@H](CCCc3ccc(F)cc3)[C@H]2c2ccc(C[C@@H]3O[C@H](CO)[C@@H](O)[C@H](O)[C@H]3O)cc2)cc1)C(=O)O. The molecule has 5 N–H and O–H groups in total. The monoisotopic (exact) mass is 637 g/mol. The van der Waals surface area contributed by atoms with Crippen LogP contribution in [0.4, 0.5) is 10.1 Å². The van der Waals surface area contributed by atoms with Gasteiger partial charge in [0.05, 0.1) is 24.7 Å². The first-order valence-electron chi connectivity index (χ1n) is 15.4. The lowest BCUT2D eigenvalue weighted by Gasteiger charge is -2.48. The van der Waals surface area contributed by atoms with Crippen LogP contribution in [0.25, 0.3) is 0 Å². The number of hydrogen-bond acceptors (Lipinski definition) is 8. The summed E-state index contributed by atoms with van der Waals surface area (Å²) in [6.07, 6.45) is -3.79. The van der Waals surface area contributed by atoms with Crippen LogP contribution in [0, 0.1) is 11.7 Å². The Labute approximate surface area is 266 Å². The molecule has 7 atom stereocenters. The number of amides is 1. The first-order chi connectivity index (χ1) is 21.9. The van der Waals surface area contributed by atoms with Crippen molar-refractivity contribution in [3.63, 3.8) is 0 Å². The molecule has 0 radical (unpaired) electrons. The third-order valence-corrected chi connectivity index (χ3v) is 8.86. The van der Waals surface area contributed by atoms with Crippen molar-refractivity contribution in [2.75, 3.05) is 11.5 Å². The Morgan fingerprint density at radius 1 is 0.891 bits per heavy atom. The van der Waals surface area contributed by atoms with Gasteiger partial charge in [-0.3, -0.25) is 4.79 Å². The molecule has 0 aliphatic carbocycles. The van der Waals surface area contributed by atoms with E-state index in [4.69, 9.17) is 9.47 Å². The Morgan fingerprint density at radius 3 is 2.11 bits per heavy atom. The number of hydrogen-bond donors (Lipinski definition) is 5. The van der Waals surface area contributed by atoms with Gasteiger partial charge in [0, 0.05) is 12.1 Å². The molecule has 2 heterocycles. The summed E-state index contributed by atoms with van der Waals surface area (Å²) in [5.41, 5.74) is 1.87. The summed E-state index contributed by atoms with van der Waals surface area (Å²) in [5.74, 6) is -1.40. The number of β-lactam (4-membered cyclic amide) rings is 1. The van der Waals surface area contributed by atoms with Crippen molar-refractivity contribution in [1.82, 2.24) is 0 Å². The molecular formula is C35H40FNO9. The van der Waals surface area contributed by atoms with Crippen molar-refractivity contribution >= 4 is 17.6 Å². The molecule has 11 heteroatoms. The summed E-state index contributed by atoms with van der Waals surface area (Å²) >= 11 is 0. The highest BCUT2D eigenvalue weighted by atomic mass is 19.1. The number of aryl methyl sites for hydroxylation is 1. The maximum Gasteiger partial charge on any atom is 0.347 e. The molecule has 0 unspecified atom stereocenters. The number of rotatable bonds is 12. The van der Waals surface area contributed by atoms with Gasteiger partial charge in [0.25, 0.3) is 0 Å². The molecular weight excluding hydrogens is 597 g/mol. The molecule has 2 saturated heterocycles. The number of benzene rings is 3. The fourth-order valence-electron chi connectivity index (χ4n) is 6.12. The van der Waals surface area contributed by atoms with E-state index in [1.54, 1.807) is 41.3 Å². The lowest BCUT2D eigenvalue weighted by Crippen LogP contribution is -2.59. The van der Waals surface area contributed by atoms with Crippen molar-refractivity contribution in [2.24, 2.45) is 5.92 Å². The Hall–Kier alpha value is -3.87. The van der Waals surface area contributed by atoms with Crippen molar-refractivity contribution in [1.29, 1.82) is 0 Å². The fraction of sp³-hybridized carbons (Fsp3) is 0.429. The molecule has 2 fully saturated rings. The van der Waals surface area contributed by atoms with Crippen LogP contribution < -0.4 is 9.64 Å². The van der Waals surface area contributed by atoms with Crippen LogP contribution in [0.3, 0.4) is 0 Å². The van der Waals surface area contributed by atoms with Gasteiger partial charge >= 0.3 is 5.97 Å². The van der Waals surface area contributed by atoms with E-state index in [2.05, 4.69) is 0 Å². The number of carboxylic acids is 1. The topological polar surface area (TPSA) is 157 Å². The zero-order chi connectivity index (χ0) is 33.2. The second-order valence-electron chi connectivity index (χ2n) is 12.5. The minimum atomic E-state index is -1.45. The Kier molecular flexibility index (Phi) is 10.1. The largest absolute Gasteiger partial charge is 0.478 e. The quantitative estimate of drug-likeness (QED) is 0.188. The average Bonchev–Trinajstić information content (AvgIpc) is 3.04. The minimum absolute atomic E-state index is 0.0472. The van der Waals surface area contributed by atoms with Crippen molar-refractivity contribution in [2.45, 2.75) is 81.7 Å². The first kappa shape index (κ1) is 33.5. The molecule has 0 bridgehead atoms. The van der Waals surface area contributed by atoms with Crippen LogP contribution in [0.1, 0.15) is 49.4 Å². The van der Waals surface area contributed by atoms with Crippen LogP contribution in [-0.2, 0) is 27.2 Å². The van der Waals surface area contributed by atoms with Gasteiger partial charge in [-0.1, -0.05) is 36.4 Å². The van der Waals surface area contributed by atoms with E-state index in [1.807, 2.05) is 24.3 Å². The van der Waals surface area contributed by atoms with Crippen LogP contribution in [0.2, 0.25) is 0 Å². The molecule has 46 heavy (non-hydrogen) atoms. The van der Waals surface area contributed by atoms with Gasteiger partial charge < -0.3 is 39.9 Å². The third-order valence-electron chi connectivity index (χ3n) is 8.86. The average molecular weight is 638 g/mol. The number of carbonyl (C=O) groups excluding carboxylic acids is 1. The summed E-state index contributed by atoms with van der Waals surface area (Å²) in [6.45, 7) is 2.41. The lowest BCUT2D eigenvalue weighted by atomic mass is 9.78. The van der Waals surface area contributed by atoms with E-state index >= 15 is 0 Å². The highest BCUT2D eigenvalue weighted by Crippen LogP contribution is 2.46. The molecule has 0 aromatic heterocycles. The molecule has 246 valence electrons. The van der Waals surface area contributed by atoms with Gasteiger partial charge in [0.2, 0.25) is 5.91 Å². The van der Waals surface area contributed by atoms with E-state index in [0.29, 0.717) is 24.3 Å². The summed E-state index contributed by atoms with van der Waals surface area (Å²) in [7, 11) is 0. The highest BCUT2D eigenvalue weighted by molar-refractivity contribution is 6.03.